The van der Waals surface area contributed by atoms with E-state index in [0.29, 0.717) is 36.8 Å². The van der Waals surface area contributed by atoms with Gasteiger partial charge in [-0.1, -0.05) is 24.3 Å². The molecule has 0 aliphatic heterocycles. The molecular weight excluding hydrogens is 397 g/mol. The molecular formula is C24H24FN3O3. The predicted octanol–water partition coefficient (Wildman–Crippen LogP) is 4.33. The van der Waals surface area contributed by atoms with Crippen LogP contribution in [0.3, 0.4) is 0 Å². The number of hydrogen-bond donors (Lipinski definition) is 0. The Morgan fingerprint density at radius 2 is 1.81 bits per heavy atom. The summed E-state index contributed by atoms with van der Waals surface area (Å²) in [5.74, 6) is 0.145. The predicted molar refractivity (Wildman–Crippen MR) is 118 cm³/mol. The molecule has 0 saturated heterocycles. The van der Waals surface area contributed by atoms with Crippen molar-refractivity contribution >= 4 is 27.9 Å². The molecule has 0 radical (unpaired) electrons. The van der Waals surface area contributed by atoms with E-state index in [9.17, 15) is 14.0 Å². The number of imidazole rings is 1. The highest BCUT2D eigenvalue weighted by Gasteiger charge is 2.18. The van der Waals surface area contributed by atoms with Gasteiger partial charge in [-0.3, -0.25) is 9.18 Å². The Morgan fingerprint density at radius 1 is 1.06 bits per heavy atom. The lowest BCUT2D eigenvalue weighted by molar-refractivity contribution is 0.0524. The number of esters is 1. The summed E-state index contributed by atoms with van der Waals surface area (Å²) in [5.41, 5.74) is 2.20. The van der Waals surface area contributed by atoms with E-state index in [4.69, 9.17) is 9.72 Å². The number of nitrogens with zero attached hydrogens (tertiary/aromatic N) is 3. The zero-order chi connectivity index (χ0) is 21.8. The van der Waals surface area contributed by atoms with Crippen LogP contribution < -0.4 is 5.43 Å². The molecule has 4 rings (SSSR count). The zero-order valence-corrected chi connectivity index (χ0v) is 17.4. The summed E-state index contributed by atoms with van der Waals surface area (Å²) in [6, 6.07) is 15.0. The van der Waals surface area contributed by atoms with Gasteiger partial charge in [-0.2, -0.15) is 0 Å². The lowest BCUT2D eigenvalue weighted by Gasteiger charge is -2.14. The van der Waals surface area contributed by atoms with Crippen molar-refractivity contribution in [2.24, 2.45) is 0 Å². The minimum Gasteiger partial charge on any atom is -0.462 e. The number of halogens is 1. The van der Waals surface area contributed by atoms with E-state index >= 15 is 0 Å². The number of pyridine rings is 1. The summed E-state index contributed by atoms with van der Waals surface area (Å²) in [7, 11) is 0. The number of benzene rings is 2. The average Bonchev–Trinajstić information content (AvgIpc) is 3.13. The van der Waals surface area contributed by atoms with E-state index in [1.165, 1.54) is 0 Å². The highest BCUT2D eigenvalue weighted by molar-refractivity contribution is 5.93. The monoisotopic (exact) mass is 421 g/mol. The third kappa shape index (κ3) is 4.08. The topological polar surface area (TPSA) is 66.1 Å². The van der Waals surface area contributed by atoms with Crippen molar-refractivity contribution < 1.29 is 13.9 Å². The number of aryl methyl sites for hydroxylation is 1. The molecule has 0 saturated carbocycles. The van der Waals surface area contributed by atoms with E-state index in [0.717, 1.165) is 16.9 Å². The molecule has 0 atom stereocenters. The van der Waals surface area contributed by atoms with Crippen molar-refractivity contribution in [3.05, 3.63) is 76.3 Å². The van der Waals surface area contributed by atoms with Gasteiger partial charge < -0.3 is 13.9 Å². The minimum absolute atomic E-state index is 0.000593. The Hall–Kier alpha value is -3.48. The summed E-state index contributed by atoms with van der Waals surface area (Å²) in [5, 5.41) is 0.452. The highest BCUT2D eigenvalue weighted by atomic mass is 19.1. The van der Waals surface area contributed by atoms with Gasteiger partial charge in [-0.15, -0.1) is 0 Å². The second kappa shape index (κ2) is 9.12. The Labute approximate surface area is 178 Å². The molecule has 31 heavy (non-hydrogen) atoms. The van der Waals surface area contributed by atoms with Crippen LogP contribution in [0.4, 0.5) is 4.39 Å². The van der Waals surface area contributed by atoms with Gasteiger partial charge in [0.2, 0.25) is 5.43 Å². The SMILES string of the molecule is CCOC(=O)c1cn(Cc2nc3ccccc3n2CCCCF)c2ccccc2c1=O. The van der Waals surface area contributed by atoms with E-state index < -0.39 is 5.97 Å². The normalized spacial score (nSPS) is 11.3. The lowest BCUT2D eigenvalue weighted by Crippen LogP contribution is -2.22. The molecule has 4 aromatic rings. The van der Waals surface area contributed by atoms with Gasteiger partial charge in [0.25, 0.3) is 0 Å². The van der Waals surface area contributed by atoms with Crippen molar-refractivity contribution in [1.29, 1.82) is 0 Å². The molecule has 2 aromatic carbocycles. The van der Waals surface area contributed by atoms with Crippen LogP contribution in [-0.4, -0.2) is 33.4 Å². The maximum Gasteiger partial charge on any atom is 0.343 e. The smallest absolute Gasteiger partial charge is 0.343 e. The second-order valence-corrected chi connectivity index (χ2v) is 7.30. The Bertz CT molecular complexity index is 1290. The molecule has 2 heterocycles. The standard InChI is InChI=1S/C24H24FN3O3/c1-2-31-24(30)18-15-27(20-11-5-3-9-17(20)23(18)29)16-22-26-19-10-4-6-12-21(19)28(22)14-8-7-13-25/h3-6,9-12,15H,2,7-8,13-14,16H2,1H3. The summed E-state index contributed by atoms with van der Waals surface area (Å²) >= 11 is 0. The average molecular weight is 421 g/mol. The fraction of sp³-hybridized carbons (Fsp3) is 0.292. The number of fused-ring (bicyclic) bond motifs is 2. The van der Waals surface area contributed by atoms with E-state index in [1.807, 2.05) is 41.0 Å². The van der Waals surface area contributed by atoms with Gasteiger partial charge >= 0.3 is 5.97 Å². The van der Waals surface area contributed by atoms with Gasteiger partial charge in [0, 0.05) is 18.1 Å². The molecule has 0 bridgehead atoms. The molecule has 0 aliphatic carbocycles. The Kier molecular flexibility index (Phi) is 6.11. The quantitative estimate of drug-likeness (QED) is 0.314. The fourth-order valence-corrected chi connectivity index (χ4v) is 3.84. The minimum atomic E-state index is -0.636. The van der Waals surface area contributed by atoms with Crippen LogP contribution in [0, 0.1) is 0 Å². The van der Waals surface area contributed by atoms with Crippen molar-refractivity contribution in [3.63, 3.8) is 0 Å². The molecule has 0 aliphatic rings. The first-order valence-corrected chi connectivity index (χ1v) is 10.4. The Balaban J connectivity index is 1.84. The van der Waals surface area contributed by atoms with Crippen molar-refractivity contribution in [1.82, 2.24) is 14.1 Å². The molecule has 0 amide bonds. The third-order valence-corrected chi connectivity index (χ3v) is 5.29. The first kappa shape index (κ1) is 20.8. The second-order valence-electron chi connectivity index (χ2n) is 7.30. The molecule has 7 heteroatoms. The molecule has 0 fully saturated rings. The summed E-state index contributed by atoms with van der Waals surface area (Å²) in [6.07, 6.45) is 2.73. The van der Waals surface area contributed by atoms with Gasteiger partial charge in [0.15, 0.2) is 0 Å². The van der Waals surface area contributed by atoms with E-state index in [-0.39, 0.29) is 24.3 Å². The van der Waals surface area contributed by atoms with Gasteiger partial charge in [-0.05, 0) is 44.0 Å². The number of aromatic nitrogens is 3. The van der Waals surface area contributed by atoms with Crippen LogP contribution in [0.2, 0.25) is 0 Å². The molecule has 2 aromatic heterocycles. The lowest BCUT2D eigenvalue weighted by atomic mass is 10.1. The number of carbonyl (C=O) groups is 1. The summed E-state index contributed by atoms with van der Waals surface area (Å²) in [6.45, 7) is 2.54. The van der Waals surface area contributed by atoms with Gasteiger partial charge in [0.1, 0.15) is 11.4 Å². The number of rotatable bonds is 8. The molecule has 6 nitrogen and oxygen atoms in total. The number of unbranched alkanes of at least 4 members (excludes halogenated alkanes) is 1. The first-order chi connectivity index (χ1) is 15.1. The molecule has 0 unspecified atom stereocenters. The van der Waals surface area contributed by atoms with Crippen LogP contribution >= 0.6 is 0 Å². The van der Waals surface area contributed by atoms with Crippen LogP contribution in [0.25, 0.3) is 21.9 Å². The van der Waals surface area contributed by atoms with Gasteiger partial charge in [0.05, 0.1) is 36.4 Å². The summed E-state index contributed by atoms with van der Waals surface area (Å²) in [4.78, 5) is 30.0. The van der Waals surface area contributed by atoms with Gasteiger partial charge in [-0.25, -0.2) is 9.78 Å². The molecule has 0 N–H and O–H groups in total. The van der Waals surface area contributed by atoms with Crippen molar-refractivity contribution in [2.45, 2.75) is 32.9 Å². The van der Waals surface area contributed by atoms with E-state index in [2.05, 4.69) is 4.57 Å². The number of ether oxygens (including phenoxy) is 1. The number of para-hydroxylation sites is 3. The highest BCUT2D eigenvalue weighted by Crippen LogP contribution is 2.20. The fourth-order valence-electron chi connectivity index (χ4n) is 3.84. The van der Waals surface area contributed by atoms with E-state index in [1.54, 1.807) is 25.3 Å². The largest absolute Gasteiger partial charge is 0.462 e. The number of carbonyl (C=O) groups excluding carboxylic acids is 1. The maximum absolute atomic E-state index is 12.9. The van der Waals surface area contributed by atoms with Crippen LogP contribution in [0.1, 0.15) is 35.9 Å². The summed E-state index contributed by atoms with van der Waals surface area (Å²) < 4.78 is 21.7. The van der Waals surface area contributed by atoms with Crippen LogP contribution in [0.5, 0.6) is 0 Å². The third-order valence-electron chi connectivity index (χ3n) is 5.29. The van der Waals surface area contributed by atoms with Crippen LogP contribution in [-0.2, 0) is 17.8 Å². The Morgan fingerprint density at radius 3 is 2.58 bits per heavy atom. The molecule has 160 valence electrons. The van der Waals surface area contributed by atoms with Crippen LogP contribution in [0.15, 0.2) is 59.5 Å². The molecule has 0 spiro atoms. The van der Waals surface area contributed by atoms with Crippen molar-refractivity contribution in [2.75, 3.05) is 13.3 Å². The van der Waals surface area contributed by atoms with Crippen molar-refractivity contribution in [3.8, 4) is 0 Å². The first-order valence-electron chi connectivity index (χ1n) is 10.4. The number of hydrogen-bond acceptors (Lipinski definition) is 4. The maximum atomic E-state index is 12.9. The zero-order valence-electron chi connectivity index (χ0n) is 17.4. The number of alkyl halides is 1.